The summed E-state index contributed by atoms with van der Waals surface area (Å²) < 4.78 is 0. The molecule has 0 rings (SSSR count). The van der Waals surface area contributed by atoms with Crippen LogP contribution in [0.1, 0.15) is 6.42 Å². The van der Waals surface area contributed by atoms with Crippen molar-refractivity contribution in [1.29, 1.82) is 0 Å². The van der Waals surface area contributed by atoms with Gasteiger partial charge in [-0.2, -0.15) is 0 Å². The summed E-state index contributed by atoms with van der Waals surface area (Å²) >= 11 is 0. The van der Waals surface area contributed by atoms with Crippen LogP contribution in [0.3, 0.4) is 0 Å². The molecular formula is C9H10O8. The Kier molecular flexibility index (Phi) is 8.54. The zero-order valence-electron chi connectivity index (χ0n) is 8.49. The van der Waals surface area contributed by atoms with Gasteiger partial charge in [0.15, 0.2) is 0 Å². The predicted molar refractivity (Wildman–Crippen MR) is 53.4 cm³/mol. The van der Waals surface area contributed by atoms with Crippen LogP contribution in [0.4, 0.5) is 0 Å². The molecule has 17 heavy (non-hydrogen) atoms. The van der Waals surface area contributed by atoms with Crippen molar-refractivity contribution in [1.82, 2.24) is 0 Å². The second-order valence-corrected chi connectivity index (χ2v) is 2.49. The van der Waals surface area contributed by atoms with Crippen LogP contribution in [-0.2, 0) is 19.2 Å². The van der Waals surface area contributed by atoms with Gasteiger partial charge >= 0.3 is 23.9 Å². The van der Waals surface area contributed by atoms with Crippen LogP contribution < -0.4 is 0 Å². The second kappa shape index (κ2) is 8.65. The minimum atomic E-state index is -1.27. The first-order valence-corrected chi connectivity index (χ1v) is 3.93. The first-order chi connectivity index (χ1) is 7.66. The fourth-order valence-electron chi connectivity index (χ4n) is 0.401. The molecule has 0 radical (unpaired) electrons. The van der Waals surface area contributed by atoms with Crippen molar-refractivity contribution >= 4 is 23.9 Å². The van der Waals surface area contributed by atoms with Gasteiger partial charge in [0.1, 0.15) is 0 Å². The molecule has 0 aromatic heterocycles. The summed E-state index contributed by atoms with van der Waals surface area (Å²) in [5, 5.41) is 31.7. The Labute approximate surface area is 95.1 Å². The number of rotatable bonds is 5. The smallest absolute Gasteiger partial charge is 0.331 e. The van der Waals surface area contributed by atoms with E-state index in [0.717, 1.165) is 0 Å². The van der Waals surface area contributed by atoms with E-state index in [9.17, 15) is 19.2 Å². The van der Waals surface area contributed by atoms with Crippen LogP contribution in [0, 0.1) is 0 Å². The molecule has 0 fully saturated rings. The van der Waals surface area contributed by atoms with Crippen LogP contribution in [0.2, 0.25) is 0 Å². The second-order valence-electron chi connectivity index (χ2n) is 2.49. The van der Waals surface area contributed by atoms with E-state index in [1.807, 2.05) is 0 Å². The van der Waals surface area contributed by atoms with Crippen LogP contribution in [-0.4, -0.2) is 44.3 Å². The predicted octanol–water partition coefficient (Wildman–Crippen LogP) is -0.186. The molecule has 0 aliphatic carbocycles. The van der Waals surface area contributed by atoms with Gasteiger partial charge < -0.3 is 20.4 Å². The third-order valence-electron chi connectivity index (χ3n) is 1.04. The van der Waals surface area contributed by atoms with E-state index in [1.54, 1.807) is 0 Å². The molecule has 0 heterocycles. The average Bonchev–Trinajstić information content (AvgIpc) is 2.14. The molecule has 8 nitrogen and oxygen atoms in total. The molecule has 0 unspecified atom stereocenters. The lowest BCUT2D eigenvalue weighted by molar-refractivity contribution is -0.139. The summed E-state index contributed by atoms with van der Waals surface area (Å²) in [6, 6.07) is 0. The summed E-state index contributed by atoms with van der Waals surface area (Å²) in [6.07, 6.45) is 0.611. The fourth-order valence-corrected chi connectivity index (χ4v) is 0.401. The van der Waals surface area contributed by atoms with Crippen LogP contribution in [0.5, 0.6) is 0 Å². The van der Waals surface area contributed by atoms with Gasteiger partial charge in [-0.15, -0.1) is 0 Å². The fraction of sp³-hybridized carbons (Fsp3) is 0.111. The zero-order chi connectivity index (χ0) is 14.0. The average molecular weight is 246 g/mol. The van der Waals surface area contributed by atoms with Crippen molar-refractivity contribution in [3.8, 4) is 0 Å². The minimum absolute atomic E-state index is 0.303. The van der Waals surface area contributed by atoms with E-state index in [0.29, 0.717) is 12.2 Å². The van der Waals surface area contributed by atoms with Crippen LogP contribution in [0.15, 0.2) is 24.3 Å². The van der Waals surface area contributed by atoms with Gasteiger partial charge in [0.05, 0.1) is 6.42 Å². The number of carboxylic acid groups (broad SMARTS) is 4. The normalized spacial score (nSPS) is 8.94. The topological polar surface area (TPSA) is 149 Å². The zero-order valence-corrected chi connectivity index (χ0v) is 8.49. The Morgan fingerprint density at radius 1 is 0.882 bits per heavy atom. The number of hydrogen-bond donors (Lipinski definition) is 4. The van der Waals surface area contributed by atoms with E-state index in [2.05, 4.69) is 6.58 Å². The number of carboxylic acids is 4. The van der Waals surface area contributed by atoms with Crippen LogP contribution >= 0.6 is 0 Å². The Morgan fingerprint density at radius 3 is 1.35 bits per heavy atom. The summed E-state index contributed by atoms with van der Waals surface area (Å²) in [5.41, 5.74) is -0.303. The van der Waals surface area contributed by atoms with E-state index >= 15 is 0 Å². The minimum Gasteiger partial charge on any atom is -0.481 e. The maximum atomic E-state index is 9.87. The van der Waals surface area contributed by atoms with Gasteiger partial charge in [0.2, 0.25) is 0 Å². The highest BCUT2D eigenvalue weighted by Crippen LogP contribution is 1.95. The van der Waals surface area contributed by atoms with Gasteiger partial charge in [-0.1, -0.05) is 6.58 Å². The Morgan fingerprint density at radius 2 is 1.24 bits per heavy atom. The van der Waals surface area contributed by atoms with Gasteiger partial charge in [-0.25, -0.2) is 14.4 Å². The number of aliphatic carboxylic acids is 4. The summed E-state index contributed by atoms with van der Waals surface area (Å²) in [5.74, 6) is -4.96. The number of carbonyl (C=O) groups is 4. The van der Waals surface area contributed by atoms with Crippen molar-refractivity contribution < 1.29 is 39.6 Å². The first-order valence-electron chi connectivity index (χ1n) is 3.93. The van der Waals surface area contributed by atoms with Crippen molar-refractivity contribution in [2.45, 2.75) is 6.42 Å². The molecule has 0 spiro atoms. The Hall–Kier alpha value is -2.64. The molecule has 0 aliphatic rings. The van der Waals surface area contributed by atoms with Crippen molar-refractivity contribution in [3.05, 3.63) is 24.3 Å². The molecule has 8 heteroatoms. The van der Waals surface area contributed by atoms with Gasteiger partial charge in [-0.3, -0.25) is 4.79 Å². The Bertz CT molecular complexity index is 349. The highest BCUT2D eigenvalue weighted by molar-refractivity contribution is 5.91. The molecule has 0 atom stereocenters. The van der Waals surface area contributed by atoms with E-state index in [1.165, 1.54) is 0 Å². The van der Waals surface area contributed by atoms with Crippen molar-refractivity contribution in [2.75, 3.05) is 0 Å². The van der Waals surface area contributed by atoms with Crippen LogP contribution in [0.25, 0.3) is 0 Å². The monoisotopic (exact) mass is 246 g/mol. The summed E-state index contributed by atoms with van der Waals surface area (Å²) in [4.78, 5) is 38.8. The molecule has 0 aromatic rings. The molecule has 0 saturated carbocycles. The van der Waals surface area contributed by atoms with E-state index < -0.39 is 30.3 Å². The molecule has 0 aromatic carbocycles. The van der Waals surface area contributed by atoms with Gasteiger partial charge in [-0.05, 0) is 0 Å². The molecule has 0 saturated heterocycles. The molecule has 0 aliphatic heterocycles. The lowest BCUT2D eigenvalue weighted by atomic mass is 10.2. The third-order valence-corrected chi connectivity index (χ3v) is 1.04. The van der Waals surface area contributed by atoms with E-state index in [4.69, 9.17) is 20.4 Å². The molecule has 4 N–H and O–H groups in total. The largest absolute Gasteiger partial charge is 0.481 e. The maximum absolute atomic E-state index is 9.87. The van der Waals surface area contributed by atoms with Crippen molar-refractivity contribution in [2.24, 2.45) is 0 Å². The lowest BCUT2D eigenvalue weighted by Crippen LogP contribution is -2.04. The maximum Gasteiger partial charge on any atom is 0.331 e. The van der Waals surface area contributed by atoms with E-state index in [-0.39, 0.29) is 5.57 Å². The van der Waals surface area contributed by atoms with Crippen molar-refractivity contribution in [3.63, 3.8) is 0 Å². The highest BCUT2D eigenvalue weighted by atomic mass is 16.4. The molecule has 0 amide bonds. The first kappa shape index (κ1) is 16.8. The molecule has 0 bridgehead atoms. The van der Waals surface area contributed by atoms with Gasteiger partial charge in [0.25, 0.3) is 0 Å². The SMILES string of the molecule is C=C(CC(=O)O)C(=O)O.O=C(O)/C=C/C(=O)O. The third kappa shape index (κ3) is 16.1. The number of hydrogen-bond acceptors (Lipinski definition) is 4. The highest BCUT2D eigenvalue weighted by Gasteiger charge is 2.07. The summed E-state index contributed by atoms with van der Waals surface area (Å²) in [7, 11) is 0. The molecule has 94 valence electrons. The lowest BCUT2D eigenvalue weighted by Gasteiger charge is -1.91. The quantitative estimate of drug-likeness (QED) is 0.487. The summed E-state index contributed by atoms with van der Waals surface area (Å²) in [6.45, 7) is 3.01. The standard InChI is InChI=1S/C5H6O4.C4H4O4/c1-3(5(8)9)2-4(6)7;5-3(6)1-2-4(7)8/h1-2H2,(H,6,7)(H,8,9);1-2H,(H,5,6)(H,7,8)/b;2-1+. The molecular weight excluding hydrogens is 236 g/mol. The van der Waals surface area contributed by atoms with Gasteiger partial charge in [0, 0.05) is 17.7 Å². The Balaban J connectivity index is 0.